The highest BCUT2D eigenvalue weighted by Gasteiger charge is 2.34. The van der Waals surface area contributed by atoms with E-state index in [9.17, 15) is 9.59 Å². The second-order valence-corrected chi connectivity index (χ2v) is 9.66. The normalized spacial score (nSPS) is 18.8. The van der Waals surface area contributed by atoms with Gasteiger partial charge in [0.2, 0.25) is 11.8 Å². The Morgan fingerprint density at radius 1 is 1.16 bits per heavy atom. The van der Waals surface area contributed by atoms with Gasteiger partial charge in [-0.15, -0.1) is 11.8 Å². The molecule has 164 valence electrons. The molecule has 1 N–H and O–H groups in total. The monoisotopic (exact) mass is 436 g/mol. The largest absolute Gasteiger partial charge is 0.326 e. The topological polar surface area (TPSA) is 49.4 Å². The molecule has 2 aromatic rings. The number of nitrogens with zero attached hydrogens (tertiary/aromatic N) is 1. The van der Waals surface area contributed by atoms with E-state index in [0.717, 1.165) is 55.5 Å². The Bertz CT molecular complexity index is 958. The van der Waals surface area contributed by atoms with E-state index < -0.39 is 0 Å². The van der Waals surface area contributed by atoms with Crippen LogP contribution in [0.1, 0.15) is 68.0 Å². The number of anilines is 2. The van der Waals surface area contributed by atoms with Crippen molar-refractivity contribution >= 4 is 35.0 Å². The van der Waals surface area contributed by atoms with Gasteiger partial charge >= 0.3 is 0 Å². The second-order valence-electron chi connectivity index (χ2n) is 8.60. The number of rotatable bonds is 8. The summed E-state index contributed by atoms with van der Waals surface area (Å²) in [5.74, 6) is 0.772. The van der Waals surface area contributed by atoms with Crippen LogP contribution < -0.4 is 10.2 Å². The lowest BCUT2D eigenvalue weighted by molar-refractivity contribution is -0.120. The van der Waals surface area contributed by atoms with Crippen molar-refractivity contribution in [3.63, 3.8) is 0 Å². The minimum atomic E-state index is -0.0640. The third-order valence-electron chi connectivity index (χ3n) is 6.44. The van der Waals surface area contributed by atoms with Crippen molar-refractivity contribution in [1.29, 1.82) is 0 Å². The zero-order valence-electron chi connectivity index (χ0n) is 18.5. The van der Waals surface area contributed by atoms with Crippen LogP contribution in [-0.4, -0.2) is 17.6 Å². The van der Waals surface area contributed by atoms with Crippen molar-refractivity contribution in [1.82, 2.24) is 0 Å². The molecule has 1 heterocycles. The lowest BCUT2D eigenvalue weighted by Crippen LogP contribution is -2.28. The van der Waals surface area contributed by atoms with Gasteiger partial charge in [-0.1, -0.05) is 44.9 Å². The van der Waals surface area contributed by atoms with Gasteiger partial charge in [0.1, 0.15) is 5.37 Å². The minimum Gasteiger partial charge on any atom is -0.326 e. The fourth-order valence-corrected chi connectivity index (χ4v) is 5.81. The van der Waals surface area contributed by atoms with Gasteiger partial charge in [0.05, 0.1) is 5.75 Å². The molecule has 4 rings (SSSR count). The predicted molar refractivity (Wildman–Crippen MR) is 130 cm³/mol. The molecule has 1 aliphatic heterocycles. The average Bonchev–Trinajstić information content (AvgIpc) is 3.40. The van der Waals surface area contributed by atoms with Crippen LogP contribution >= 0.6 is 11.8 Å². The number of unbranched alkanes of at least 4 members (excludes halogenated alkanes) is 1. The SMILES string of the molecule is CCCCC(CC)C(=O)Nc1cccc(C2SCC(=O)N2c2ccc3c(c2)CCC3)c1. The molecular weight excluding hydrogens is 404 g/mol. The molecule has 1 fully saturated rings. The van der Waals surface area contributed by atoms with Gasteiger partial charge in [-0.2, -0.15) is 0 Å². The van der Waals surface area contributed by atoms with E-state index in [-0.39, 0.29) is 23.1 Å². The van der Waals surface area contributed by atoms with E-state index >= 15 is 0 Å². The quantitative estimate of drug-likeness (QED) is 0.543. The number of thioether (sulfide) groups is 1. The van der Waals surface area contributed by atoms with Crippen molar-refractivity contribution in [2.75, 3.05) is 16.0 Å². The maximum atomic E-state index is 12.8. The third kappa shape index (κ3) is 4.82. The van der Waals surface area contributed by atoms with Crippen molar-refractivity contribution in [2.24, 2.45) is 5.92 Å². The van der Waals surface area contributed by atoms with E-state index in [0.29, 0.717) is 5.75 Å². The van der Waals surface area contributed by atoms with Gasteiger partial charge in [0, 0.05) is 17.3 Å². The number of hydrogen-bond acceptors (Lipinski definition) is 3. The fraction of sp³-hybridized carbons (Fsp3) is 0.462. The van der Waals surface area contributed by atoms with Crippen LogP contribution in [0.4, 0.5) is 11.4 Å². The van der Waals surface area contributed by atoms with Gasteiger partial charge in [-0.25, -0.2) is 0 Å². The minimum absolute atomic E-state index is 0.0500. The van der Waals surface area contributed by atoms with Crippen molar-refractivity contribution in [2.45, 2.75) is 64.2 Å². The van der Waals surface area contributed by atoms with Crippen LogP contribution in [0, 0.1) is 5.92 Å². The van der Waals surface area contributed by atoms with Gasteiger partial charge < -0.3 is 5.32 Å². The summed E-state index contributed by atoms with van der Waals surface area (Å²) in [5, 5.41) is 3.05. The zero-order valence-corrected chi connectivity index (χ0v) is 19.3. The number of fused-ring (bicyclic) bond motifs is 1. The van der Waals surface area contributed by atoms with E-state index in [4.69, 9.17) is 0 Å². The molecule has 0 bridgehead atoms. The summed E-state index contributed by atoms with van der Waals surface area (Å²) < 4.78 is 0. The molecule has 0 saturated carbocycles. The number of benzene rings is 2. The standard InChI is InChI=1S/C26H32N2O2S/c1-3-5-8-18(4-2)25(30)27-22-12-7-11-21(15-22)26-28(24(29)17-31-26)23-14-13-19-9-6-10-20(19)16-23/h7,11-16,18,26H,3-6,8-10,17H2,1-2H3,(H,27,30). The Kier molecular flexibility index (Phi) is 7.01. The molecule has 2 unspecified atom stereocenters. The van der Waals surface area contributed by atoms with Gasteiger partial charge in [-0.3, -0.25) is 14.5 Å². The van der Waals surface area contributed by atoms with Crippen molar-refractivity contribution in [3.8, 4) is 0 Å². The maximum absolute atomic E-state index is 12.8. The van der Waals surface area contributed by atoms with E-state index in [1.807, 2.05) is 23.1 Å². The van der Waals surface area contributed by atoms with Gasteiger partial charge in [0.25, 0.3) is 0 Å². The molecule has 0 aromatic heterocycles. The first-order valence-electron chi connectivity index (χ1n) is 11.6. The molecule has 0 radical (unpaired) electrons. The molecule has 31 heavy (non-hydrogen) atoms. The lowest BCUT2D eigenvalue weighted by Gasteiger charge is -2.25. The summed E-state index contributed by atoms with van der Waals surface area (Å²) in [7, 11) is 0. The number of hydrogen-bond donors (Lipinski definition) is 1. The van der Waals surface area contributed by atoms with E-state index in [1.54, 1.807) is 11.8 Å². The molecule has 1 saturated heterocycles. The zero-order chi connectivity index (χ0) is 21.8. The molecule has 2 amide bonds. The Labute approximate surface area is 189 Å². The van der Waals surface area contributed by atoms with Crippen LogP contribution in [0.2, 0.25) is 0 Å². The highest BCUT2D eigenvalue weighted by molar-refractivity contribution is 8.00. The van der Waals surface area contributed by atoms with Crippen LogP contribution in [0.3, 0.4) is 0 Å². The molecule has 0 spiro atoms. The number of aryl methyl sites for hydroxylation is 2. The maximum Gasteiger partial charge on any atom is 0.238 e. The summed E-state index contributed by atoms with van der Waals surface area (Å²) in [6, 6.07) is 14.5. The first kappa shape index (κ1) is 21.9. The second kappa shape index (κ2) is 9.90. The molecule has 4 nitrogen and oxygen atoms in total. The third-order valence-corrected chi connectivity index (χ3v) is 7.65. The van der Waals surface area contributed by atoms with Gasteiger partial charge in [0.15, 0.2) is 0 Å². The van der Waals surface area contributed by atoms with Crippen LogP contribution in [0.15, 0.2) is 42.5 Å². The summed E-state index contributed by atoms with van der Waals surface area (Å²) in [6.45, 7) is 4.23. The summed E-state index contributed by atoms with van der Waals surface area (Å²) in [6.07, 6.45) is 7.39. The molecule has 5 heteroatoms. The van der Waals surface area contributed by atoms with E-state index in [1.165, 1.54) is 17.5 Å². The Balaban J connectivity index is 1.53. The van der Waals surface area contributed by atoms with Crippen LogP contribution in [0.25, 0.3) is 0 Å². The number of carbonyl (C=O) groups excluding carboxylic acids is 2. The Morgan fingerprint density at radius 2 is 2.00 bits per heavy atom. The summed E-state index contributed by atoms with van der Waals surface area (Å²) >= 11 is 1.65. The van der Waals surface area contributed by atoms with Crippen LogP contribution in [0.5, 0.6) is 0 Å². The highest BCUT2D eigenvalue weighted by atomic mass is 32.2. The molecule has 2 aliphatic rings. The van der Waals surface area contributed by atoms with Crippen molar-refractivity contribution in [3.05, 3.63) is 59.2 Å². The highest BCUT2D eigenvalue weighted by Crippen LogP contribution is 2.43. The molecule has 2 atom stereocenters. The predicted octanol–water partition coefficient (Wildman–Crippen LogP) is 6.11. The first-order valence-corrected chi connectivity index (χ1v) is 12.6. The van der Waals surface area contributed by atoms with Gasteiger partial charge in [-0.05, 0) is 73.1 Å². The number of amides is 2. The lowest BCUT2D eigenvalue weighted by atomic mass is 9.98. The average molecular weight is 437 g/mol. The summed E-state index contributed by atoms with van der Waals surface area (Å²) in [4.78, 5) is 27.5. The van der Waals surface area contributed by atoms with E-state index in [2.05, 4.69) is 43.4 Å². The van der Waals surface area contributed by atoms with Crippen molar-refractivity contribution < 1.29 is 9.59 Å². The summed E-state index contributed by atoms with van der Waals surface area (Å²) in [5.41, 5.74) is 5.64. The first-order chi connectivity index (χ1) is 15.1. The molecular formula is C26H32N2O2S. The molecule has 1 aliphatic carbocycles. The molecule has 2 aromatic carbocycles. The Morgan fingerprint density at radius 3 is 2.81 bits per heavy atom. The number of nitrogens with one attached hydrogen (secondary N) is 1. The number of carbonyl (C=O) groups is 2. The smallest absolute Gasteiger partial charge is 0.238 e. The van der Waals surface area contributed by atoms with Crippen LogP contribution in [-0.2, 0) is 22.4 Å². The fourth-order valence-electron chi connectivity index (χ4n) is 4.64. The Hall–Kier alpha value is -2.27.